The van der Waals surface area contributed by atoms with E-state index in [1.807, 2.05) is 60.7 Å². The third kappa shape index (κ3) is 8.36. The Morgan fingerprint density at radius 1 is 0.854 bits per heavy atom. The molecule has 7 heteroatoms. The number of rotatable bonds is 14. The van der Waals surface area contributed by atoms with Crippen LogP contribution in [0.25, 0.3) is 10.8 Å². The Hall–Kier alpha value is -3.52. The standard InChI is InChI=1S/C41H51N3O3S/c1-40(37-18-6-3-7-19-37,43-48(46,47)38-21-20-35-16-8-9-17-36(35)31-38)32-39(45)42-28-12-15-34-23-26-41(27-24-34,44-29-10-11-30-44)25-22-33-13-4-2-5-14-33/h2-9,13-14,16-21,31,34,43H,10-12,15,22-30,32H2,1H3,(H,42,45). The van der Waals surface area contributed by atoms with E-state index in [9.17, 15) is 13.2 Å². The zero-order valence-corrected chi connectivity index (χ0v) is 29.2. The lowest BCUT2D eigenvalue weighted by atomic mass is 9.71. The number of benzene rings is 4. The highest BCUT2D eigenvalue weighted by atomic mass is 32.2. The molecule has 1 aliphatic carbocycles. The van der Waals surface area contributed by atoms with Crippen molar-refractivity contribution in [2.75, 3.05) is 19.6 Å². The Bertz CT molecular complexity index is 1750. The first-order chi connectivity index (χ1) is 23.2. The monoisotopic (exact) mass is 665 g/mol. The van der Waals surface area contributed by atoms with E-state index in [0.717, 1.165) is 35.6 Å². The van der Waals surface area contributed by atoms with Crippen molar-refractivity contribution < 1.29 is 13.2 Å². The number of carbonyl (C=O) groups is 1. The second-order valence-electron chi connectivity index (χ2n) is 14.3. The van der Waals surface area contributed by atoms with Gasteiger partial charge in [0.15, 0.2) is 0 Å². The SMILES string of the molecule is CC(CC(=O)NCCCC1CCC(CCc2ccccc2)(N2CCCC2)CC1)(NS(=O)(=O)c1ccc2ccccc2c1)c1ccccc1. The van der Waals surface area contributed by atoms with Crippen molar-refractivity contribution in [1.82, 2.24) is 14.9 Å². The molecule has 6 rings (SSSR count). The van der Waals surface area contributed by atoms with Gasteiger partial charge in [0.2, 0.25) is 15.9 Å². The van der Waals surface area contributed by atoms with E-state index < -0.39 is 15.6 Å². The van der Waals surface area contributed by atoms with Crippen LogP contribution in [0.4, 0.5) is 0 Å². The average molecular weight is 666 g/mol. The number of sulfonamides is 1. The third-order valence-electron chi connectivity index (χ3n) is 11.0. The van der Waals surface area contributed by atoms with Crippen LogP contribution in [0.1, 0.15) is 82.3 Å². The smallest absolute Gasteiger partial charge is 0.241 e. The maximum absolute atomic E-state index is 13.7. The van der Waals surface area contributed by atoms with E-state index in [1.165, 1.54) is 63.6 Å². The van der Waals surface area contributed by atoms with Gasteiger partial charge < -0.3 is 5.32 Å². The molecule has 254 valence electrons. The molecule has 6 nitrogen and oxygen atoms in total. The van der Waals surface area contributed by atoms with Crippen LogP contribution in [0.5, 0.6) is 0 Å². The van der Waals surface area contributed by atoms with Gasteiger partial charge in [-0.05, 0) is 124 Å². The lowest BCUT2D eigenvalue weighted by Crippen LogP contribution is -2.50. The maximum Gasteiger partial charge on any atom is 0.241 e. The molecule has 1 heterocycles. The molecule has 1 unspecified atom stereocenters. The van der Waals surface area contributed by atoms with Gasteiger partial charge in [-0.3, -0.25) is 9.69 Å². The zero-order valence-electron chi connectivity index (χ0n) is 28.4. The highest BCUT2D eigenvalue weighted by molar-refractivity contribution is 7.89. The molecule has 4 aromatic rings. The van der Waals surface area contributed by atoms with Gasteiger partial charge in [0, 0.05) is 18.5 Å². The Morgan fingerprint density at radius 3 is 2.21 bits per heavy atom. The molecule has 1 saturated heterocycles. The highest BCUT2D eigenvalue weighted by Crippen LogP contribution is 2.42. The van der Waals surface area contributed by atoms with Gasteiger partial charge in [0.05, 0.1) is 10.4 Å². The van der Waals surface area contributed by atoms with Gasteiger partial charge >= 0.3 is 0 Å². The number of aryl methyl sites for hydroxylation is 1. The van der Waals surface area contributed by atoms with Crippen LogP contribution in [0.3, 0.4) is 0 Å². The quantitative estimate of drug-likeness (QED) is 0.134. The van der Waals surface area contributed by atoms with Crippen LogP contribution in [-0.4, -0.2) is 44.4 Å². The lowest BCUT2D eigenvalue weighted by Gasteiger charge is -2.47. The molecule has 48 heavy (non-hydrogen) atoms. The number of nitrogens with one attached hydrogen (secondary N) is 2. The van der Waals surface area contributed by atoms with Gasteiger partial charge in [-0.2, -0.15) is 0 Å². The normalized spacial score (nSPS) is 21.6. The molecule has 1 atom stereocenters. The number of nitrogens with zero attached hydrogens (tertiary/aromatic N) is 1. The summed E-state index contributed by atoms with van der Waals surface area (Å²) in [5.41, 5.74) is 1.41. The maximum atomic E-state index is 13.7. The summed E-state index contributed by atoms with van der Waals surface area (Å²) < 4.78 is 30.3. The molecule has 0 aromatic heterocycles. The first kappa shape index (κ1) is 34.3. The molecule has 2 N–H and O–H groups in total. The molecule has 0 radical (unpaired) electrons. The van der Waals surface area contributed by atoms with Crippen LogP contribution in [-0.2, 0) is 26.8 Å². The Balaban J connectivity index is 1.02. The Morgan fingerprint density at radius 2 is 1.50 bits per heavy atom. The average Bonchev–Trinajstić information content (AvgIpc) is 3.66. The largest absolute Gasteiger partial charge is 0.356 e. The van der Waals surface area contributed by atoms with Crippen LogP contribution >= 0.6 is 0 Å². The van der Waals surface area contributed by atoms with Crippen molar-refractivity contribution in [3.8, 4) is 0 Å². The van der Waals surface area contributed by atoms with E-state index >= 15 is 0 Å². The molecule has 2 aliphatic rings. The van der Waals surface area contributed by atoms with Crippen LogP contribution < -0.4 is 10.0 Å². The van der Waals surface area contributed by atoms with E-state index in [1.54, 1.807) is 19.1 Å². The summed E-state index contributed by atoms with van der Waals surface area (Å²) in [5, 5.41) is 4.94. The summed E-state index contributed by atoms with van der Waals surface area (Å²) in [4.78, 5) is 16.3. The summed E-state index contributed by atoms with van der Waals surface area (Å²) >= 11 is 0. The van der Waals surface area contributed by atoms with E-state index in [-0.39, 0.29) is 17.2 Å². The number of hydrogen-bond acceptors (Lipinski definition) is 4. The van der Waals surface area contributed by atoms with Crippen molar-refractivity contribution in [1.29, 1.82) is 0 Å². The first-order valence-corrected chi connectivity index (χ1v) is 19.4. The van der Waals surface area contributed by atoms with Crippen molar-refractivity contribution in [3.63, 3.8) is 0 Å². The summed E-state index contributed by atoms with van der Waals surface area (Å²) in [7, 11) is -3.91. The number of hydrogen-bond donors (Lipinski definition) is 2. The molecule has 4 aromatic carbocycles. The number of amides is 1. The van der Waals surface area contributed by atoms with Crippen molar-refractivity contribution in [3.05, 3.63) is 114 Å². The molecule has 2 fully saturated rings. The lowest BCUT2D eigenvalue weighted by molar-refractivity contribution is -0.122. The van der Waals surface area contributed by atoms with Gasteiger partial charge in [-0.1, -0.05) is 91.0 Å². The minimum Gasteiger partial charge on any atom is -0.356 e. The van der Waals surface area contributed by atoms with Crippen LogP contribution in [0.2, 0.25) is 0 Å². The molecular formula is C41H51N3O3S. The molecule has 0 spiro atoms. The minimum absolute atomic E-state index is 0.00697. The van der Waals surface area contributed by atoms with Gasteiger partial charge in [-0.15, -0.1) is 0 Å². The molecule has 1 amide bonds. The van der Waals surface area contributed by atoms with Crippen molar-refractivity contribution in [2.24, 2.45) is 5.92 Å². The number of likely N-dealkylation sites (tertiary alicyclic amines) is 1. The fourth-order valence-electron chi connectivity index (χ4n) is 8.14. The first-order valence-electron chi connectivity index (χ1n) is 17.9. The number of carbonyl (C=O) groups excluding carboxylic acids is 1. The van der Waals surface area contributed by atoms with E-state index in [0.29, 0.717) is 18.0 Å². The summed E-state index contributed by atoms with van der Waals surface area (Å²) in [6, 6.07) is 33.2. The second kappa shape index (κ2) is 15.4. The van der Waals surface area contributed by atoms with Crippen molar-refractivity contribution >= 4 is 26.7 Å². The molecule has 1 saturated carbocycles. The summed E-state index contributed by atoms with van der Waals surface area (Å²) in [6.45, 7) is 4.88. The molecule has 1 aliphatic heterocycles. The summed E-state index contributed by atoms with van der Waals surface area (Å²) in [5.74, 6) is 0.540. The fourth-order valence-corrected chi connectivity index (χ4v) is 9.57. The number of fused-ring (bicyclic) bond motifs is 1. The van der Waals surface area contributed by atoms with Gasteiger partial charge in [-0.25, -0.2) is 13.1 Å². The van der Waals surface area contributed by atoms with E-state index in [2.05, 4.69) is 45.3 Å². The van der Waals surface area contributed by atoms with Gasteiger partial charge in [0.25, 0.3) is 0 Å². The topological polar surface area (TPSA) is 78.5 Å². The molecular weight excluding hydrogens is 615 g/mol. The van der Waals surface area contributed by atoms with Gasteiger partial charge in [0.1, 0.15) is 0 Å². The predicted octanol–water partition coefficient (Wildman–Crippen LogP) is 7.98. The minimum atomic E-state index is -3.91. The van der Waals surface area contributed by atoms with Crippen molar-refractivity contribution in [2.45, 2.75) is 93.5 Å². The fraction of sp³-hybridized carbons (Fsp3) is 0.439. The second-order valence-corrected chi connectivity index (χ2v) is 16.0. The Labute approximate surface area is 287 Å². The Kier molecular flexibility index (Phi) is 11.0. The summed E-state index contributed by atoms with van der Waals surface area (Å²) in [6.07, 6.45) is 12.1. The van der Waals surface area contributed by atoms with E-state index in [4.69, 9.17) is 0 Å². The molecule has 0 bridgehead atoms. The third-order valence-corrected chi connectivity index (χ3v) is 12.6. The highest BCUT2D eigenvalue weighted by Gasteiger charge is 2.41. The van der Waals surface area contributed by atoms with Crippen LogP contribution in [0, 0.1) is 5.92 Å². The zero-order chi connectivity index (χ0) is 33.5. The predicted molar refractivity (Wildman–Crippen MR) is 195 cm³/mol. The van der Waals surface area contributed by atoms with Crippen LogP contribution in [0.15, 0.2) is 108 Å².